The van der Waals surface area contributed by atoms with Gasteiger partial charge in [0.05, 0.1) is 0 Å². The Balaban J connectivity index is 0.000000460. The van der Waals surface area contributed by atoms with Crippen LogP contribution in [0, 0.1) is 0 Å². The third kappa shape index (κ3) is 35.3. The van der Waals surface area contributed by atoms with Crippen molar-refractivity contribution in [3.63, 3.8) is 0 Å². The van der Waals surface area contributed by atoms with Gasteiger partial charge in [-0.15, -0.1) is 0 Å². The molecule has 68 heavy (non-hydrogen) atoms. The van der Waals surface area contributed by atoms with Crippen LogP contribution in [0.3, 0.4) is 0 Å². The predicted octanol–water partition coefficient (Wildman–Crippen LogP) is 18.8. The number of pyridine rings is 4. The third-order valence-electron chi connectivity index (χ3n) is 7.45. The van der Waals surface area contributed by atoms with Crippen LogP contribution in [0.2, 0.25) is 0 Å². The summed E-state index contributed by atoms with van der Waals surface area (Å²) in [7, 11) is -34.4. The molecular weight excluding hydrogens is 1070 g/mol. The van der Waals surface area contributed by atoms with Crippen molar-refractivity contribution in [3.8, 4) is 55.6 Å². The first-order valence-electron chi connectivity index (χ1n) is 17.6. The van der Waals surface area contributed by atoms with E-state index >= 15 is 0 Å². The molecule has 32 heteroatoms. The van der Waals surface area contributed by atoms with Gasteiger partial charge in [-0.25, -0.2) is 18.3 Å². The Morgan fingerprint density at radius 3 is 0.397 bits per heavy atom. The van der Waals surface area contributed by atoms with Gasteiger partial charge in [0.25, 0.3) is 0 Å². The Morgan fingerprint density at radius 2 is 0.294 bits per heavy atom. The van der Waals surface area contributed by atoms with Gasteiger partial charge in [0.15, 0.2) is 49.6 Å². The third-order valence-corrected chi connectivity index (χ3v) is 7.45. The predicted molar refractivity (Wildman–Crippen MR) is 213 cm³/mol. The van der Waals surface area contributed by atoms with Crippen molar-refractivity contribution >= 4 is 31.2 Å². The van der Waals surface area contributed by atoms with Crippen molar-refractivity contribution < 1.29 is 119 Å². The van der Waals surface area contributed by atoms with Gasteiger partial charge >= 0.3 is 132 Å². The van der Waals surface area contributed by atoms with Crippen LogP contribution in [0.15, 0.2) is 135 Å². The normalized spacial score (nSPS) is 16.0. The molecule has 0 fully saturated rings. The molecule has 0 aliphatic heterocycles. The molecule has 386 valence electrons. The Hall–Kier alpha value is -4.92. The molecule has 0 bridgehead atoms. The summed E-state index contributed by atoms with van der Waals surface area (Å²) in [4.78, 5) is 0. The molecule has 6 aromatic rings. The van der Waals surface area contributed by atoms with E-state index in [1.807, 2.05) is 0 Å². The van der Waals surface area contributed by atoms with E-state index in [2.05, 4.69) is 181 Å². The zero-order valence-corrected chi connectivity index (χ0v) is 37.9. The second kappa shape index (κ2) is 16.3. The van der Waals surface area contributed by atoms with Gasteiger partial charge < -0.3 is 0 Å². The summed E-state index contributed by atoms with van der Waals surface area (Å²) in [5, 5.41) is 0. The molecule has 2 aromatic carbocycles. The minimum atomic E-state index is -10.7. The molecule has 0 aliphatic carbocycles. The summed E-state index contributed by atoms with van der Waals surface area (Å²) in [5.41, 5.74) is 12.0. The molecule has 0 spiro atoms. The molecule has 0 aliphatic rings. The van der Waals surface area contributed by atoms with Crippen molar-refractivity contribution in [1.82, 2.24) is 0 Å². The van der Waals surface area contributed by atoms with Gasteiger partial charge in [0.2, 0.25) is 0 Å². The summed E-state index contributed by atoms with van der Waals surface area (Å²) in [6, 6.07) is 31.4. The van der Waals surface area contributed by atoms with Crippen LogP contribution in [-0.2, 0) is 28.2 Å². The minimum absolute atomic E-state index is 1.19. The van der Waals surface area contributed by atoms with Crippen molar-refractivity contribution in [1.29, 1.82) is 0 Å². The number of hydrogen-bond acceptors (Lipinski definition) is 0. The van der Waals surface area contributed by atoms with Gasteiger partial charge in [-0.05, 0) is 92.0 Å². The quantitative estimate of drug-likeness (QED) is 0.0929. The summed E-state index contributed by atoms with van der Waals surface area (Å²) in [5.74, 6) is 0. The van der Waals surface area contributed by atoms with Crippen LogP contribution in [-0.4, -0.2) is 0 Å². The molecule has 0 radical (unpaired) electrons. The topological polar surface area (TPSA) is 15.5 Å². The van der Waals surface area contributed by atoms with E-state index in [4.69, 9.17) is 0 Å². The monoisotopic (exact) mass is 1100 g/mol. The van der Waals surface area contributed by atoms with Gasteiger partial charge in [0.1, 0.15) is 28.2 Å². The first-order valence-corrected chi connectivity index (χ1v) is 25.7. The summed E-state index contributed by atoms with van der Waals surface area (Å²) < 4.78 is 245. The van der Waals surface area contributed by atoms with Gasteiger partial charge in [-0.1, -0.05) is 0 Å². The molecule has 0 saturated carbocycles. The maximum absolute atomic E-state index is 10.7. The average molecular weight is 1100 g/mol. The van der Waals surface area contributed by atoms with Crippen LogP contribution in [0.5, 0.6) is 0 Å². The number of benzene rings is 2. The molecule has 0 unspecified atom stereocenters. The molecule has 4 aromatic heterocycles. The molecule has 4 heterocycles. The fourth-order valence-electron chi connectivity index (χ4n) is 5.03. The molecule has 0 N–H and O–H groups in total. The van der Waals surface area contributed by atoms with Gasteiger partial charge in [-0.2, -0.15) is 0 Å². The van der Waals surface area contributed by atoms with Crippen LogP contribution >= 0.6 is 31.2 Å². The maximum atomic E-state index is 9.87. The Morgan fingerprint density at radius 1 is 0.206 bits per heavy atom. The molecule has 0 atom stereocenters. The molecule has 4 nitrogen and oxygen atoms in total. The number of rotatable bonds is 5. The van der Waals surface area contributed by atoms with E-state index < -0.39 is 31.2 Å². The fourth-order valence-corrected chi connectivity index (χ4v) is 5.03. The Bertz CT molecular complexity index is 2310. The zero-order chi connectivity index (χ0) is 53.3. The van der Waals surface area contributed by atoms with Gasteiger partial charge in [0, 0.05) is 48.5 Å². The fraction of sp³-hybridized carbons (Fsp3) is 0.111. The van der Waals surface area contributed by atoms with E-state index in [0.717, 1.165) is 0 Å². The van der Waals surface area contributed by atoms with Crippen LogP contribution < -0.4 is 18.3 Å². The van der Waals surface area contributed by atoms with Crippen molar-refractivity contribution in [2.45, 2.75) is 0 Å². The summed E-state index contributed by atoms with van der Waals surface area (Å²) in [6.07, 6.45) is 16.8. The molecule has 0 saturated heterocycles. The molecule has 0 amide bonds. The van der Waals surface area contributed by atoms with E-state index in [0.29, 0.717) is 0 Å². The zero-order valence-electron chi connectivity index (χ0n) is 34.4. The average Bonchev–Trinajstić information content (AvgIpc) is 3.07. The first-order chi connectivity index (χ1) is 29.2. The van der Waals surface area contributed by atoms with Gasteiger partial charge in [-0.3, -0.25) is 0 Å². The Labute approximate surface area is 368 Å². The Kier molecular flexibility index (Phi) is 14.2. The SMILES string of the molecule is C[n+]1ccc(-c2cc(-c3cc[n+](C)cc3)cc(-c3cc(-c4cc[n+](C)cc4)cc(-c4cc[n+](C)cc4)c3)c2)cc1.F[P-](F)(F)(F)(F)F.F[P-](F)(F)(F)(F)F.F[P-](F)(F)(F)(F)F.F[P-](F)(F)(F)(F)F. The number of nitrogens with zero attached hydrogens (tertiary/aromatic N) is 4. The second-order valence-electron chi connectivity index (χ2n) is 14.4. The van der Waals surface area contributed by atoms with Crippen LogP contribution in [0.25, 0.3) is 55.6 Å². The number of aromatic nitrogens is 4. The summed E-state index contributed by atoms with van der Waals surface area (Å²) in [6.45, 7) is 0. The van der Waals surface area contributed by atoms with E-state index in [1.165, 1.54) is 55.6 Å². The van der Waals surface area contributed by atoms with Crippen LogP contribution in [0.4, 0.5) is 101 Å². The first kappa shape index (κ1) is 59.2. The van der Waals surface area contributed by atoms with E-state index in [1.54, 1.807) is 0 Å². The van der Waals surface area contributed by atoms with Crippen molar-refractivity contribution in [2.75, 3.05) is 0 Å². The van der Waals surface area contributed by atoms with Crippen molar-refractivity contribution in [3.05, 3.63) is 135 Å². The number of aryl methyl sites for hydroxylation is 4. The van der Waals surface area contributed by atoms with Crippen molar-refractivity contribution in [2.24, 2.45) is 28.2 Å². The molecular formula is C36H34F24N4P4. The summed E-state index contributed by atoms with van der Waals surface area (Å²) >= 11 is 0. The van der Waals surface area contributed by atoms with Crippen LogP contribution in [0.1, 0.15) is 0 Å². The standard InChI is InChI=1S/C36H34N4.4F6P/c1-37-13-5-27(6-14-37)31-21-32(28-7-15-38(2)16-8-28)24-35(23-31)36-25-33(29-9-17-39(3)18-10-29)22-34(26-36)30-11-19-40(4)20-12-30;4*1-7(2,3,4,5)6/h5-26H,1-4H3;;;;/q+4;4*-1. The van der Waals surface area contributed by atoms with E-state index in [-0.39, 0.29) is 0 Å². The van der Waals surface area contributed by atoms with E-state index in [9.17, 15) is 101 Å². The molecule has 6 rings (SSSR count). The second-order valence-corrected chi connectivity index (χ2v) is 22.1. The number of hydrogen-bond donors (Lipinski definition) is 0. The number of halogens is 24.